The Morgan fingerprint density at radius 3 is 2.62 bits per heavy atom. The van der Waals surface area contributed by atoms with Gasteiger partial charge >= 0.3 is 0 Å². The number of sulfone groups is 1. The fourth-order valence-electron chi connectivity index (χ4n) is 2.15. The van der Waals surface area contributed by atoms with Gasteiger partial charge in [-0.15, -0.1) is 11.3 Å². The Kier molecular flexibility index (Phi) is 4.33. The molecule has 8 heteroatoms. The van der Waals surface area contributed by atoms with Crippen LogP contribution in [0.4, 0.5) is 10.1 Å². The van der Waals surface area contributed by atoms with Crippen LogP contribution < -0.4 is 5.32 Å². The van der Waals surface area contributed by atoms with Gasteiger partial charge in [-0.05, 0) is 36.4 Å². The fourth-order valence-corrected chi connectivity index (χ4v) is 3.93. The van der Waals surface area contributed by atoms with Crippen LogP contribution >= 0.6 is 22.9 Å². The van der Waals surface area contributed by atoms with Crippen LogP contribution in [0.2, 0.25) is 5.02 Å². The number of halogens is 2. The molecule has 0 spiro atoms. The second kappa shape index (κ2) is 6.16. The third kappa shape index (κ3) is 3.28. The number of rotatable bonds is 3. The molecule has 1 aromatic heterocycles. The van der Waals surface area contributed by atoms with E-state index in [1.807, 2.05) is 0 Å². The van der Waals surface area contributed by atoms with E-state index < -0.39 is 21.6 Å². The second-order valence-corrected chi connectivity index (χ2v) is 8.64. The smallest absolute Gasteiger partial charge is 0.265 e. The number of thiophene rings is 1. The predicted octanol–water partition coefficient (Wildman–Crippen LogP) is 4.35. The normalized spacial score (nSPS) is 11.6. The summed E-state index contributed by atoms with van der Waals surface area (Å²) in [6.07, 6.45) is 1.07. The van der Waals surface area contributed by atoms with Gasteiger partial charge in [0.1, 0.15) is 5.82 Å². The molecule has 1 heterocycles. The van der Waals surface area contributed by atoms with Crippen LogP contribution in [0, 0.1) is 5.82 Å². The minimum absolute atomic E-state index is 0.0459. The van der Waals surface area contributed by atoms with Crippen molar-refractivity contribution < 1.29 is 17.6 Å². The number of nitrogens with one attached hydrogen (secondary N) is 1. The van der Waals surface area contributed by atoms with Crippen LogP contribution in [0.25, 0.3) is 10.1 Å². The van der Waals surface area contributed by atoms with E-state index in [2.05, 4.69) is 5.32 Å². The maximum atomic E-state index is 13.7. The summed E-state index contributed by atoms with van der Waals surface area (Å²) < 4.78 is 37.6. The molecule has 1 amide bonds. The van der Waals surface area contributed by atoms with Crippen molar-refractivity contribution in [3.8, 4) is 0 Å². The first-order chi connectivity index (χ1) is 11.3. The van der Waals surface area contributed by atoms with Gasteiger partial charge in [0.15, 0.2) is 9.84 Å². The zero-order valence-electron chi connectivity index (χ0n) is 12.3. The molecule has 0 aliphatic heterocycles. The number of anilines is 1. The van der Waals surface area contributed by atoms with E-state index in [1.165, 1.54) is 30.3 Å². The minimum Gasteiger partial charge on any atom is -0.320 e. The molecule has 124 valence electrons. The monoisotopic (exact) mass is 383 g/mol. The Morgan fingerprint density at radius 1 is 1.21 bits per heavy atom. The number of hydrogen-bond acceptors (Lipinski definition) is 4. The summed E-state index contributed by atoms with van der Waals surface area (Å²) in [6.45, 7) is 0. The zero-order valence-corrected chi connectivity index (χ0v) is 14.7. The van der Waals surface area contributed by atoms with Gasteiger partial charge in [-0.1, -0.05) is 17.7 Å². The lowest BCUT2D eigenvalue weighted by Gasteiger charge is -2.08. The lowest BCUT2D eigenvalue weighted by molar-refractivity contribution is 0.103. The lowest BCUT2D eigenvalue weighted by atomic mass is 10.2. The lowest BCUT2D eigenvalue weighted by Crippen LogP contribution is -2.11. The molecule has 0 saturated heterocycles. The molecule has 3 rings (SSSR count). The van der Waals surface area contributed by atoms with Gasteiger partial charge in [0.05, 0.1) is 20.5 Å². The van der Waals surface area contributed by atoms with E-state index in [0.29, 0.717) is 15.0 Å². The van der Waals surface area contributed by atoms with E-state index in [-0.39, 0.29) is 15.6 Å². The predicted molar refractivity (Wildman–Crippen MR) is 94.3 cm³/mol. The third-order valence-corrected chi connectivity index (χ3v) is 5.89. The quantitative estimate of drug-likeness (QED) is 0.731. The number of hydrogen-bond donors (Lipinski definition) is 1. The SMILES string of the molecule is CS(=O)(=O)c1ccc(Cl)c(NC(=O)c2cc3c(F)cccc3s2)c1. The zero-order chi connectivity index (χ0) is 17.5. The summed E-state index contributed by atoms with van der Waals surface area (Å²) in [7, 11) is -3.43. The highest BCUT2D eigenvalue weighted by atomic mass is 35.5. The Balaban J connectivity index is 1.95. The van der Waals surface area contributed by atoms with Gasteiger partial charge in [-0.2, -0.15) is 0 Å². The van der Waals surface area contributed by atoms with E-state index in [9.17, 15) is 17.6 Å². The van der Waals surface area contributed by atoms with Crippen LogP contribution in [0.3, 0.4) is 0 Å². The number of carbonyl (C=O) groups excluding carboxylic acids is 1. The topological polar surface area (TPSA) is 63.2 Å². The summed E-state index contributed by atoms with van der Waals surface area (Å²) in [5, 5.41) is 3.15. The Bertz CT molecular complexity index is 1060. The molecule has 24 heavy (non-hydrogen) atoms. The standard InChI is InChI=1S/C16H11ClFNO3S2/c1-24(21,22)9-5-6-11(17)13(7-9)19-16(20)15-8-10-12(18)3-2-4-14(10)23-15/h2-8H,1H3,(H,19,20). The van der Waals surface area contributed by atoms with Crippen LogP contribution in [0.15, 0.2) is 47.4 Å². The highest BCUT2D eigenvalue weighted by Crippen LogP contribution is 2.30. The summed E-state index contributed by atoms with van der Waals surface area (Å²) in [4.78, 5) is 12.7. The Labute approximate surface area is 146 Å². The molecular formula is C16H11ClFNO3S2. The molecule has 0 radical (unpaired) electrons. The van der Waals surface area contributed by atoms with Gasteiger partial charge in [0, 0.05) is 16.3 Å². The van der Waals surface area contributed by atoms with Crippen molar-refractivity contribution in [1.29, 1.82) is 0 Å². The molecule has 2 aromatic carbocycles. The molecule has 0 bridgehead atoms. The summed E-state index contributed by atoms with van der Waals surface area (Å²) >= 11 is 7.16. The van der Waals surface area contributed by atoms with Gasteiger partial charge in [-0.3, -0.25) is 4.79 Å². The molecule has 4 nitrogen and oxygen atoms in total. The van der Waals surface area contributed by atoms with Crippen LogP contribution in [-0.2, 0) is 9.84 Å². The van der Waals surface area contributed by atoms with Crippen LogP contribution in [0.5, 0.6) is 0 Å². The fraction of sp³-hybridized carbons (Fsp3) is 0.0625. The van der Waals surface area contributed by atoms with Crippen molar-refractivity contribution in [1.82, 2.24) is 0 Å². The van der Waals surface area contributed by atoms with Crippen molar-refractivity contribution in [2.75, 3.05) is 11.6 Å². The van der Waals surface area contributed by atoms with Gasteiger partial charge < -0.3 is 5.32 Å². The van der Waals surface area contributed by atoms with Crippen LogP contribution in [-0.4, -0.2) is 20.6 Å². The third-order valence-electron chi connectivity index (χ3n) is 3.35. The molecular weight excluding hydrogens is 373 g/mol. The van der Waals surface area contributed by atoms with E-state index in [0.717, 1.165) is 17.6 Å². The number of amides is 1. The second-order valence-electron chi connectivity index (χ2n) is 5.13. The van der Waals surface area contributed by atoms with Crippen molar-refractivity contribution in [3.05, 3.63) is 58.2 Å². The van der Waals surface area contributed by atoms with Crippen molar-refractivity contribution in [2.45, 2.75) is 4.90 Å². The van der Waals surface area contributed by atoms with E-state index >= 15 is 0 Å². The first-order valence-corrected chi connectivity index (χ1v) is 9.83. The first-order valence-electron chi connectivity index (χ1n) is 6.75. The average Bonchev–Trinajstić information content (AvgIpc) is 2.94. The van der Waals surface area contributed by atoms with E-state index in [4.69, 9.17) is 11.6 Å². The highest BCUT2D eigenvalue weighted by Gasteiger charge is 2.16. The van der Waals surface area contributed by atoms with Crippen LogP contribution in [0.1, 0.15) is 9.67 Å². The van der Waals surface area contributed by atoms with Gasteiger partial charge in [-0.25, -0.2) is 12.8 Å². The molecule has 0 aliphatic rings. The van der Waals surface area contributed by atoms with Gasteiger partial charge in [0.2, 0.25) is 0 Å². The molecule has 0 saturated carbocycles. The molecule has 0 fully saturated rings. The molecule has 0 aliphatic carbocycles. The number of fused-ring (bicyclic) bond motifs is 1. The first kappa shape index (κ1) is 16.9. The van der Waals surface area contributed by atoms with Crippen molar-refractivity contribution in [3.63, 3.8) is 0 Å². The summed E-state index contributed by atoms with van der Waals surface area (Å²) in [5.74, 6) is -0.886. The number of benzene rings is 2. The largest absolute Gasteiger partial charge is 0.320 e. The summed E-state index contributed by atoms with van der Waals surface area (Å²) in [5.41, 5.74) is 0.183. The Morgan fingerprint density at radius 2 is 1.96 bits per heavy atom. The van der Waals surface area contributed by atoms with Crippen molar-refractivity contribution >= 4 is 54.5 Å². The molecule has 1 N–H and O–H groups in total. The molecule has 3 aromatic rings. The maximum absolute atomic E-state index is 13.7. The maximum Gasteiger partial charge on any atom is 0.265 e. The molecule has 0 unspecified atom stereocenters. The Hall–Kier alpha value is -1.96. The van der Waals surface area contributed by atoms with Gasteiger partial charge in [0.25, 0.3) is 5.91 Å². The highest BCUT2D eigenvalue weighted by molar-refractivity contribution is 7.90. The number of carbonyl (C=O) groups is 1. The molecule has 0 atom stereocenters. The van der Waals surface area contributed by atoms with E-state index in [1.54, 1.807) is 12.1 Å². The minimum atomic E-state index is -3.43. The van der Waals surface area contributed by atoms with Crippen molar-refractivity contribution in [2.24, 2.45) is 0 Å². The average molecular weight is 384 g/mol. The summed E-state index contributed by atoms with van der Waals surface area (Å²) in [6, 6.07) is 10.1.